The lowest BCUT2D eigenvalue weighted by molar-refractivity contribution is 0.422. The first kappa shape index (κ1) is 14.2. The molecular weight excluding hydrogens is 265 g/mol. The number of benzene rings is 1. The normalized spacial score (nSPS) is 29.0. The number of hydrogen-bond acceptors (Lipinski definition) is 1. The van der Waals surface area contributed by atoms with Crippen molar-refractivity contribution in [1.29, 1.82) is 0 Å². The maximum atomic E-state index is 6.19. The Morgan fingerprint density at radius 2 is 1.94 bits per heavy atom. The lowest BCUT2D eigenvalue weighted by Crippen LogP contribution is -2.20. The summed E-state index contributed by atoms with van der Waals surface area (Å²) in [4.78, 5) is 0. The molecule has 0 radical (unpaired) electrons. The first-order valence-corrected chi connectivity index (χ1v) is 7.56. The van der Waals surface area contributed by atoms with Gasteiger partial charge >= 0.3 is 0 Å². The molecule has 0 saturated heterocycles. The van der Waals surface area contributed by atoms with Gasteiger partial charge in [-0.2, -0.15) is 0 Å². The van der Waals surface area contributed by atoms with Crippen molar-refractivity contribution in [2.45, 2.75) is 51.0 Å². The van der Waals surface area contributed by atoms with Gasteiger partial charge < -0.3 is 5.73 Å². The van der Waals surface area contributed by atoms with Crippen LogP contribution in [0.1, 0.15) is 50.5 Å². The molecule has 100 valence electrons. The summed E-state index contributed by atoms with van der Waals surface area (Å²) in [6.45, 7) is 2.27. The highest BCUT2D eigenvalue weighted by Crippen LogP contribution is 2.37. The fraction of sp³-hybridized carbons (Fsp3) is 0.600. The van der Waals surface area contributed by atoms with E-state index in [0.717, 1.165) is 18.8 Å². The first-order chi connectivity index (χ1) is 8.60. The molecule has 2 N–H and O–H groups in total. The van der Waals surface area contributed by atoms with Gasteiger partial charge in [-0.15, -0.1) is 0 Å². The van der Waals surface area contributed by atoms with Gasteiger partial charge in [0.05, 0.1) is 10.0 Å². The molecule has 0 aliphatic heterocycles. The average molecular weight is 286 g/mol. The summed E-state index contributed by atoms with van der Waals surface area (Å²) >= 11 is 12.1. The van der Waals surface area contributed by atoms with Crippen molar-refractivity contribution >= 4 is 23.2 Å². The van der Waals surface area contributed by atoms with Crippen molar-refractivity contribution in [3.05, 3.63) is 33.8 Å². The minimum absolute atomic E-state index is 0.320. The van der Waals surface area contributed by atoms with E-state index in [2.05, 4.69) is 13.0 Å². The van der Waals surface area contributed by atoms with E-state index in [-0.39, 0.29) is 0 Å². The fourth-order valence-corrected chi connectivity index (χ4v) is 3.27. The van der Waals surface area contributed by atoms with Crippen LogP contribution in [0, 0.1) is 5.92 Å². The predicted molar refractivity (Wildman–Crippen MR) is 79.4 cm³/mol. The predicted octanol–water partition coefficient (Wildman–Crippen LogP) is 5.00. The molecule has 0 bridgehead atoms. The molecule has 1 aromatic carbocycles. The molecule has 3 atom stereocenters. The van der Waals surface area contributed by atoms with E-state index in [4.69, 9.17) is 28.9 Å². The Balaban J connectivity index is 2.20. The van der Waals surface area contributed by atoms with Crippen LogP contribution >= 0.6 is 23.2 Å². The third kappa shape index (κ3) is 3.40. The van der Waals surface area contributed by atoms with E-state index in [9.17, 15) is 0 Å². The van der Waals surface area contributed by atoms with Gasteiger partial charge in [-0.05, 0) is 55.2 Å². The highest BCUT2D eigenvalue weighted by molar-refractivity contribution is 6.42. The molecule has 1 saturated carbocycles. The minimum atomic E-state index is 0.320. The van der Waals surface area contributed by atoms with E-state index in [1.165, 1.54) is 24.8 Å². The maximum absolute atomic E-state index is 6.19. The van der Waals surface area contributed by atoms with Crippen LogP contribution < -0.4 is 5.73 Å². The summed E-state index contributed by atoms with van der Waals surface area (Å²) in [6, 6.07) is 6.33. The summed E-state index contributed by atoms with van der Waals surface area (Å²) in [7, 11) is 0. The van der Waals surface area contributed by atoms with Gasteiger partial charge in [0.2, 0.25) is 0 Å². The second kappa shape index (κ2) is 6.27. The SMILES string of the molecule is CC[C@@H]1CC[C@H](N)C[C@H](c2ccc(Cl)c(Cl)c2)C1. The van der Waals surface area contributed by atoms with Crippen LogP contribution in [-0.2, 0) is 0 Å². The van der Waals surface area contributed by atoms with Gasteiger partial charge in [-0.3, -0.25) is 0 Å². The van der Waals surface area contributed by atoms with Gasteiger partial charge in [0.25, 0.3) is 0 Å². The van der Waals surface area contributed by atoms with Crippen molar-refractivity contribution < 1.29 is 0 Å². The van der Waals surface area contributed by atoms with Crippen LogP contribution in [0.2, 0.25) is 10.0 Å². The van der Waals surface area contributed by atoms with Gasteiger partial charge in [0.15, 0.2) is 0 Å². The van der Waals surface area contributed by atoms with Crippen molar-refractivity contribution in [1.82, 2.24) is 0 Å². The smallest absolute Gasteiger partial charge is 0.0595 e. The summed E-state index contributed by atoms with van der Waals surface area (Å²) < 4.78 is 0. The van der Waals surface area contributed by atoms with Gasteiger partial charge in [-0.1, -0.05) is 42.6 Å². The lowest BCUT2D eigenvalue weighted by atomic mass is 9.86. The monoisotopic (exact) mass is 285 g/mol. The number of halogens is 2. The molecule has 1 fully saturated rings. The van der Waals surface area contributed by atoms with E-state index < -0.39 is 0 Å². The quantitative estimate of drug-likeness (QED) is 0.760. The third-order valence-corrected chi connectivity index (χ3v) is 4.88. The van der Waals surface area contributed by atoms with Crippen LogP contribution in [0.15, 0.2) is 18.2 Å². The van der Waals surface area contributed by atoms with Gasteiger partial charge in [0, 0.05) is 6.04 Å². The Bertz CT molecular complexity index is 405. The zero-order chi connectivity index (χ0) is 13.1. The average Bonchev–Trinajstić information content (AvgIpc) is 2.54. The zero-order valence-electron chi connectivity index (χ0n) is 10.8. The van der Waals surface area contributed by atoms with Crippen LogP contribution in [0.3, 0.4) is 0 Å². The summed E-state index contributed by atoms with van der Waals surface area (Å²) in [5, 5.41) is 1.28. The Hall–Kier alpha value is -0.240. The summed E-state index contributed by atoms with van der Waals surface area (Å²) in [5.41, 5.74) is 7.48. The van der Waals surface area contributed by atoms with Crippen molar-refractivity contribution in [2.24, 2.45) is 11.7 Å². The standard InChI is InChI=1S/C15H21Cl2N/c1-2-10-3-5-13(18)8-12(7-10)11-4-6-14(16)15(17)9-11/h4,6,9-10,12-13H,2-3,5,7-8,18H2,1H3/t10-,12-,13+/m1/s1. The summed E-state index contributed by atoms with van der Waals surface area (Å²) in [5.74, 6) is 1.32. The lowest BCUT2D eigenvalue weighted by Gasteiger charge is -2.20. The van der Waals surface area contributed by atoms with E-state index in [1.54, 1.807) is 0 Å². The largest absolute Gasteiger partial charge is 0.328 e. The van der Waals surface area contributed by atoms with Crippen molar-refractivity contribution in [3.63, 3.8) is 0 Å². The molecule has 0 amide bonds. The Kier molecular flexibility index (Phi) is 4.94. The molecule has 0 spiro atoms. The molecular formula is C15H21Cl2N. The molecule has 3 heteroatoms. The van der Waals surface area contributed by atoms with Crippen LogP contribution in [-0.4, -0.2) is 6.04 Å². The zero-order valence-corrected chi connectivity index (χ0v) is 12.3. The second-order valence-corrected chi connectivity index (χ2v) is 6.27. The van der Waals surface area contributed by atoms with Crippen LogP contribution in [0.5, 0.6) is 0 Å². The third-order valence-electron chi connectivity index (χ3n) is 4.14. The molecule has 1 aliphatic carbocycles. The Morgan fingerprint density at radius 3 is 2.61 bits per heavy atom. The number of nitrogens with two attached hydrogens (primary N) is 1. The van der Waals surface area contributed by atoms with Crippen LogP contribution in [0.25, 0.3) is 0 Å². The molecule has 18 heavy (non-hydrogen) atoms. The first-order valence-electron chi connectivity index (χ1n) is 6.80. The van der Waals surface area contributed by atoms with E-state index in [1.807, 2.05) is 12.1 Å². The molecule has 0 heterocycles. The minimum Gasteiger partial charge on any atom is -0.328 e. The number of rotatable bonds is 2. The van der Waals surface area contributed by atoms with Gasteiger partial charge in [0.1, 0.15) is 0 Å². The van der Waals surface area contributed by atoms with Gasteiger partial charge in [-0.25, -0.2) is 0 Å². The highest BCUT2D eigenvalue weighted by Gasteiger charge is 2.24. The Morgan fingerprint density at radius 1 is 1.17 bits per heavy atom. The van der Waals surface area contributed by atoms with Crippen molar-refractivity contribution in [2.75, 3.05) is 0 Å². The Labute approximate surface area is 120 Å². The molecule has 2 rings (SSSR count). The molecule has 0 aromatic heterocycles. The molecule has 1 nitrogen and oxygen atoms in total. The molecule has 0 unspecified atom stereocenters. The van der Waals surface area contributed by atoms with E-state index >= 15 is 0 Å². The maximum Gasteiger partial charge on any atom is 0.0595 e. The van der Waals surface area contributed by atoms with Crippen LogP contribution in [0.4, 0.5) is 0 Å². The number of hydrogen-bond donors (Lipinski definition) is 1. The molecule has 1 aromatic rings. The highest BCUT2D eigenvalue weighted by atomic mass is 35.5. The summed E-state index contributed by atoms with van der Waals surface area (Å²) in [6.07, 6.45) is 5.94. The van der Waals surface area contributed by atoms with Crippen molar-refractivity contribution in [3.8, 4) is 0 Å². The fourth-order valence-electron chi connectivity index (χ4n) is 2.96. The topological polar surface area (TPSA) is 26.0 Å². The second-order valence-electron chi connectivity index (χ2n) is 5.45. The van der Waals surface area contributed by atoms with E-state index in [0.29, 0.717) is 22.0 Å². The molecule has 1 aliphatic rings.